The van der Waals surface area contributed by atoms with Crippen molar-refractivity contribution in [3.8, 4) is 5.75 Å². The molecule has 1 aromatic carbocycles. The molecular weight excluding hydrogens is 345 g/mol. The number of halogens is 1. The van der Waals surface area contributed by atoms with Crippen LogP contribution in [0.2, 0.25) is 0 Å². The first-order valence-corrected chi connectivity index (χ1v) is 9.16. The third-order valence-corrected chi connectivity index (χ3v) is 4.97. The van der Waals surface area contributed by atoms with Crippen LogP contribution in [0.5, 0.6) is 5.75 Å². The summed E-state index contributed by atoms with van der Waals surface area (Å²) in [5.41, 5.74) is 1.92. The van der Waals surface area contributed by atoms with Crippen molar-refractivity contribution in [2.45, 2.75) is 25.8 Å². The molecule has 27 heavy (non-hydrogen) atoms. The number of carbonyl (C=O) groups excluding carboxylic acids is 1. The van der Waals surface area contributed by atoms with E-state index in [-0.39, 0.29) is 17.8 Å². The van der Waals surface area contributed by atoms with Crippen LogP contribution in [-0.2, 0) is 7.05 Å². The van der Waals surface area contributed by atoms with Crippen LogP contribution in [0.15, 0.2) is 42.6 Å². The van der Waals surface area contributed by atoms with Crippen molar-refractivity contribution in [3.05, 3.63) is 59.8 Å². The first-order chi connectivity index (χ1) is 13.0. The van der Waals surface area contributed by atoms with E-state index in [9.17, 15) is 9.18 Å². The fourth-order valence-electron chi connectivity index (χ4n) is 3.10. The van der Waals surface area contributed by atoms with Gasteiger partial charge in [-0.3, -0.25) is 9.78 Å². The Balaban J connectivity index is 1.44. The van der Waals surface area contributed by atoms with Gasteiger partial charge in [0.05, 0.1) is 30.1 Å². The molecule has 2 heterocycles. The summed E-state index contributed by atoms with van der Waals surface area (Å²) < 4.78 is 20.8. The molecule has 1 saturated carbocycles. The van der Waals surface area contributed by atoms with E-state index in [1.807, 2.05) is 19.1 Å². The molecule has 140 valence electrons. The molecule has 1 atom stereocenters. The van der Waals surface area contributed by atoms with Gasteiger partial charge in [0, 0.05) is 12.4 Å². The van der Waals surface area contributed by atoms with Crippen molar-refractivity contribution in [2.75, 3.05) is 6.61 Å². The van der Waals surface area contributed by atoms with Crippen LogP contribution in [-0.4, -0.2) is 22.1 Å². The molecular formula is C21H22FN3O2. The van der Waals surface area contributed by atoms with Gasteiger partial charge in [-0.05, 0) is 62.1 Å². The molecule has 0 spiro atoms. The average molecular weight is 367 g/mol. The minimum atomic E-state index is -0.322. The summed E-state index contributed by atoms with van der Waals surface area (Å²) in [4.78, 5) is 17.1. The maximum atomic E-state index is 13.5. The molecule has 5 nitrogen and oxygen atoms in total. The van der Waals surface area contributed by atoms with E-state index in [1.165, 1.54) is 25.0 Å². The van der Waals surface area contributed by atoms with Gasteiger partial charge in [-0.1, -0.05) is 0 Å². The summed E-state index contributed by atoms with van der Waals surface area (Å²) in [6, 6.07) is 9.74. The van der Waals surface area contributed by atoms with Crippen molar-refractivity contribution in [1.82, 2.24) is 14.9 Å². The molecule has 0 saturated heterocycles. The van der Waals surface area contributed by atoms with Gasteiger partial charge < -0.3 is 14.6 Å². The van der Waals surface area contributed by atoms with Crippen molar-refractivity contribution >= 4 is 16.8 Å². The Labute approximate surface area is 157 Å². The van der Waals surface area contributed by atoms with Crippen LogP contribution < -0.4 is 10.1 Å². The second-order valence-electron chi connectivity index (χ2n) is 7.16. The quantitative estimate of drug-likeness (QED) is 0.717. The largest absolute Gasteiger partial charge is 0.492 e. The van der Waals surface area contributed by atoms with E-state index in [4.69, 9.17) is 4.74 Å². The van der Waals surface area contributed by atoms with E-state index < -0.39 is 0 Å². The lowest BCUT2D eigenvalue weighted by atomic mass is 10.2. The number of nitrogens with one attached hydrogen (secondary N) is 1. The molecule has 1 amide bonds. The lowest BCUT2D eigenvalue weighted by molar-refractivity contribution is 0.0931. The molecule has 4 rings (SSSR count). The molecule has 2 aromatic heterocycles. The number of hydrogen-bond acceptors (Lipinski definition) is 3. The number of fused-ring (bicyclic) bond motifs is 1. The Morgan fingerprint density at radius 2 is 2.15 bits per heavy atom. The fraction of sp³-hybridized carbons (Fsp3) is 0.333. The second-order valence-corrected chi connectivity index (χ2v) is 7.16. The summed E-state index contributed by atoms with van der Waals surface area (Å²) >= 11 is 0. The zero-order valence-corrected chi connectivity index (χ0v) is 15.4. The number of nitrogens with zero attached hydrogens (tertiary/aromatic N) is 2. The lowest BCUT2D eigenvalue weighted by Gasteiger charge is -2.14. The van der Waals surface area contributed by atoms with Gasteiger partial charge >= 0.3 is 0 Å². The first-order valence-electron chi connectivity index (χ1n) is 9.16. The SMILES string of the molecule is CC(NC(=O)c1cc2ccc(F)cc2n1C)c1ccc(OCC2CC2)cn1. The Bertz CT molecular complexity index is 977. The number of pyridine rings is 1. The fourth-order valence-corrected chi connectivity index (χ4v) is 3.10. The third-order valence-electron chi connectivity index (χ3n) is 4.97. The number of aryl methyl sites for hydroxylation is 1. The van der Waals surface area contributed by atoms with Crippen molar-refractivity contribution in [3.63, 3.8) is 0 Å². The van der Waals surface area contributed by atoms with Crippen LogP contribution >= 0.6 is 0 Å². The number of ether oxygens (including phenoxy) is 1. The Morgan fingerprint density at radius 1 is 1.33 bits per heavy atom. The summed E-state index contributed by atoms with van der Waals surface area (Å²) in [6.07, 6.45) is 4.19. The number of aromatic nitrogens is 2. The smallest absolute Gasteiger partial charge is 0.268 e. The van der Waals surface area contributed by atoms with Gasteiger partial charge in [0.2, 0.25) is 0 Å². The minimum absolute atomic E-state index is 0.225. The molecule has 1 unspecified atom stereocenters. The third kappa shape index (κ3) is 3.79. The van der Waals surface area contributed by atoms with Crippen LogP contribution in [0.1, 0.15) is 42.0 Å². The standard InChI is InChI=1S/C21H22FN3O2/c1-13(18-8-7-17(11-23-18)27-12-14-3-4-14)24-21(26)20-9-15-5-6-16(22)10-19(15)25(20)2/h5-11,13-14H,3-4,12H2,1-2H3,(H,24,26). The zero-order chi connectivity index (χ0) is 19.0. The Hall–Kier alpha value is -2.89. The lowest BCUT2D eigenvalue weighted by Crippen LogP contribution is -2.28. The highest BCUT2D eigenvalue weighted by molar-refractivity contribution is 5.98. The number of amides is 1. The topological polar surface area (TPSA) is 56.2 Å². The maximum Gasteiger partial charge on any atom is 0.268 e. The monoisotopic (exact) mass is 367 g/mol. The maximum absolute atomic E-state index is 13.5. The predicted molar refractivity (Wildman–Crippen MR) is 101 cm³/mol. The Kier molecular flexibility index (Phi) is 4.56. The van der Waals surface area contributed by atoms with Gasteiger partial charge in [-0.2, -0.15) is 0 Å². The van der Waals surface area contributed by atoms with Crippen molar-refractivity contribution in [2.24, 2.45) is 13.0 Å². The van der Waals surface area contributed by atoms with Crippen molar-refractivity contribution < 1.29 is 13.9 Å². The molecule has 0 radical (unpaired) electrons. The zero-order valence-electron chi connectivity index (χ0n) is 15.4. The molecule has 1 aliphatic rings. The highest BCUT2D eigenvalue weighted by Crippen LogP contribution is 2.29. The van der Waals surface area contributed by atoms with Gasteiger partial charge in [0.25, 0.3) is 5.91 Å². The van der Waals surface area contributed by atoms with E-state index in [1.54, 1.807) is 29.9 Å². The van der Waals surface area contributed by atoms with Gasteiger partial charge in [0.1, 0.15) is 17.3 Å². The second kappa shape index (κ2) is 7.02. The average Bonchev–Trinajstić information content (AvgIpc) is 3.44. The summed E-state index contributed by atoms with van der Waals surface area (Å²) in [5.74, 6) is 0.895. The first kappa shape index (κ1) is 17.5. The summed E-state index contributed by atoms with van der Waals surface area (Å²) in [6.45, 7) is 2.63. The molecule has 1 aliphatic carbocycles. The molecule has 6 heteroatoms. The highest BCUT2D eigenvalue weighted by atomic mass is 19.1. The van der Waals surface area contributed by atoms with Gasteiger partial charge in [-0.25, -0.2) is 4.39 Å². The van der Waals surface area contributed by atoms with Crippen molar-refractivity contribution in [1.29, 1.82) is 0 Å². The number of rotatable bonds is 6. The van der Waals surface area contributed by atoms with Gasteiger partial charge in [0.15, 0.2) is 0 Å². The van der Waals surface area contributed by atoms with Crippen LogP contribution in [0.3, 0.4) is 0 Å². The van der Waals surface area contributed by atoms with E-state index >= 15 is 0 Å². The molecule has 1 N–H and O–H groups in total. The summed E-state index contributed by atoms with van der Waals surface area (Å²) in [7, 11) is 1.76. The van der Waals surface area contributed by atoms with Crippen LogP contribution in [0, 0.1) is 11.7 Å². The van der Waals surface area contributed by atoms with Crippen LogP contribution in [0.25, 0.3) is 10.9 Å². The van der Waals surface area contributed by atoms with Crippen LogP contribution in [0.4, 0.5) is 4.39 Å². The minimum Gasteiger partial charge on any atom is -0.492 e. The molecule has 3 aromatic rings. The normalized spacial score (nSPS) is 14.9. The molecule has 0 bridgehead atoms. The summed E-state index contributed by atoms with van der Waals surface area (Å²) in [5, 5.41) is 3.78. The predicted octanol–water partition coefficient (Wildman–Crippen LogP) is 3.99. The highest BCUT2D eigenvalue weighted by Gasteiger charge is 2.22. The van der Waals surface area contributed by atoms with E-state index in [2.05, 4.69) is 10.3 Å². The Morgan fingerprint density at radius 3 is 2.85 bits per heavy atom. The number of carbonyl (C=O) groups is 1. The van der Waals surface area contributed by atoms with E-state index in [0.29, 0.717) is 17.1 Å². The number of hydrogen-bond donors (Lipinski definition) is 1. The van der Waals surface area contributed by atoms with Gasteiger partial charge in [-0.15, -0.1) is 0 Å². The number of benzene rings is 1. The molecule has 0 aliphatic heterocycles. The van der Waals surface area contributed by atoms with E-state index in [0.717, 1.165) is 23.4 Å². The molecule has 1 fully saturated rings.